The quantitative estimate of drug-likeness (QED) is 0.161. The van der Waals surface area contributed by atoms with Crippen molar-refractivity contribution in [2.24, 2.45) is 29.4 Å². The minimum absolute atomic E-state index is 0.136. The molecule has 14 heteroatoms. The molecule has 3 saturated heterocycles. The van der Waals surface area contributed by atoms with Gasteiger partial charge in [-0.25, -0.2) is 0 Å². The van der Waals surface area contributed by atoms with E-state index in [1.54, 1.807) is 40.7 Å². The molecule has 2 unspecified atom stereocenters. The molecule has 0 aromatic heterocycles. The van der Waals surface area contributed by atoms with E-state index in [4.69, 9.17) is 38.9 Å². The zero-order valence-corrected chi connectivity index (χ0v) is 35.1. The molecule has 3 heterocycles. The van der Waals surface area contributed by atoms with Gasteiger partial charge in [-0.05, 0) is 80.8 Å². The van der Waals surface area contributed by atoms with Crippen molar-refractivity contribution >= 4 is 5.97 Å². The van der Waals surface area contributed by atoms with Gasteiger partial charge in [0.05, 0.1) is 54.2 Å². The van der Waals surface area contributed by atoms with Gasteiger partial charge in [-0.2, -0.15) is 0 Å². The molecule has 3 aliphatic rings. The van der Waals surface area contributed by atoms with Gasteiger partial charge in [0.2, 0.25) is 0 Å². The predicted molar refractivity (Wildman–Crippen MR) is 203 cm³/mol. The molecule has 14 nitrogen and oxygen atoms in total. The van der Waals surface area contributed by atoms with E-state index in [-0.39, 0.29) is 37.5 Å². The second-order valence-corrected chi connectivity index (χ2v) is 17.3. The summed E-state index contributed by atoms with van der Waals surface area (Å²) >= 11 is 0. The van der Waals surface area contributed by atoms with Crippen molar-refractivity contribution in [1.29, 1.82) is 0 Å². The smallest absolute Gasteiger partial charge is 0.311 e. The molecule has 316 valence electrons. The maximum atomic E-state index is 14.3. The van der Waals surface area contributed by atoms with Crippen molar-refractivity contribution in [3.63, 3.8) is 0 Å². The van der Waals surface area contributed by atoms with Crippen LogP contribution in [-0.2, 0) is 38.0 Å². The maximum absolute atomic E-state index is 14.3. The van der Waals surface area contributed by atoms with Crippen LogP contribution in [0.2, 0.25) is 0 Å². The van der Waals surface area contributed by atoms with Crippen LogP contribution < -0.4 is 5.73 Å². The Labute approximate surface area is 323 Å². The van der Waals surface area contributed by atoms with Gasteiger partial charge in [-0.1, -0.05) is 33.8 Å². The Hall–Kier alpha value is -1.27. The summed E-state index contributed by atoms with van der Waals surface area (Å²) in [7, 11) is 5.32. The van der Waals surface area contributed by atoms with Crippen molar-refractivity contribution in [2.75, 3.05) is 27.8 Å². The summed E-state index contributed by atoms with van der Waals surface area (Å²) < 4.78 is 44.8. The standard InChI is InChI=1S/C40H74N2O12/c1-15-17-49-39(10)19-21(3)30(41)23(5)33(44)40(11,47)28(16-2)52-36(46)25(7)32(53-29-20-38(9,48-14)34(45)26(8)51-29)24(6)35(39)54-37-31(43)27(42(12)13)18-22(4)50-37/h15,21-35,37,43-45,47H,1,16-20,41H2,2-14H3/t21-,22-,23+,24+,25-,26+,27+,28-,29?,30?,31-,32+,33-,34+,35-,37+,38-,39+,40-/m1/s1. The molecule has 0 radical (unpaired) electrons. The lowest BCUT2D eigenvalue weighted by Crippen LogP contribution is -2.62. The molecule has 3 rings (SSSR count). The molecular weight excluding hydrogens is 700 g/mol. The van der Waals surface area contributed by atoms with E-state index in [1.807, 2.05) is 46.7 Å². The van der Waals surface area contributed by atoms with Crippen LogP contribution in [0.3, 0.4) is 0 Å². The molecule has 0 aromatic carbocycles. The lowest BCUT2D eigenvalue weighted by Gasteiger charge is -2.50. The summed E-state index contributed by atoms with van der Waals surface area (Å²) in [6, 6.07) is -0.904. The average molecular weight is 775 g/mol. The number of cyclic esters (lactones) is 1. The third kappa shape index (κ3) is 10.2. The predicted octanol–water partition coefficient (Wildman–Crippen LogP) is 2.75. The van der Waals surface area contributed by atoms with Gasteiger partial charge in [0.1, 0.15) is 23.9 Å². The number of likely N-dealkylation sites (N-methyl/N-ethyl adjacent to an activating group) is 1. The zero-order chi connectivity index (χ0) is 41.1. The van der Waals surface area contributed by atoms with Gasteiger partial charge in [0, 0.05) is 37.5 Å². The highest BCUT2D eigenvalue weighted by atomic mass is 16.7. The normalized spacial score (nSPS) is 48.9. The second kappa shape index (κ2) is 19.0. The Morgan fingerprint density at radius 2 is 1.59 bits per heavy atom. The molecule has 6 N–H and O–H groups in total. The van der Waals surface area contributed by atoms with E-state index in [1.165, 1.54) is 14.0 Å². The van der Waals surface area contributed by atoms with Crippen LogP contribution in [0.15, 0.2) is 12.7 Å². The number of aliphatic hydroxyl groups excluding tert-OH is 3. The van der Waals surface area contributed by atoms with Crippen LogP contribution in [0.25, 0.3) is 0 Å². The number of aliphatic hydroxyl groups is 4. The van der Waals surface area contributed by atoms with E-state index in [2.05, 4.69) is 6.58 Å². The summed E-state index contributed by atoms with van der Waals surface area (Å²) in [5.74, 6) is -3.27. The van der Waals surface area contributed by atoms with E-state index >= 15 is 0 Å². The summed E-state index contributed by atoms with van der Waals surface area (Å²) in [6.45, 7) is 21.9. The number of hydrogen-bond acceptors (Lipinski definition) is 14. The highest BCUT2D eigenvalue weighted by Gasteiger charge is 2.54. The van der Waals surface area contributed by atoms with Crippen molar-refractivity contribution in [3.8, 4) is 0 Å². The Morgan fingerprint density at radius 1 is 0.963 bits per heavy atom. The van der Waals surface area contributed by atoms with Gasteiger partial charge >= 0.3 is 5.97 Å². The molecule has 19 atom stereocenters. The van der Waals surface area contributed by atoms with Crippen molar-refractivity contribution in [3.05, 3.63) is 12.7 Å². The van der Waals surface area contributed by atoms with Gasteiger partial charge in [0.25, 0.3) is 0 Å². The van der Waals surface area contributed by atoms with Crippen molar-refractivity contribution < 1.29 is 58.4 Å². The van der Waals surface area contributed by atoms with Gasteiger partial charge in [0.15, 0.2) is 12.6 Å². The minimum Gasteiger partial charge on any atom is -0.459 e. The monoisotopic (exact) mass is 775 g/mol. The first-order valence-electron chi connectivity index (χ1n) is 19.8. The summed E-state index contributed by atoms with van der Waals surface area (Å²) in [6.07, 6.45) is -6.33. The number of carbonyl (C=O) groups is 1. The number of methoxy groups -OCH3 is 1. The molecule has 0 saturated carbocycles. The topological polar surface area (TPSA) is 192 Å². The van der Waals surface area contributed by atoms with Gasteiger partial charge in [-0.15, -0.1) is 6.58 Å². The number of rotatable bonds is 10. The number of esters is 1. The Morgan fingerprint density at radius 3 is 2.15 bits per heavy atom. The first-order chi connectivity index (χ1) is 25.0. The van der Waals surface area contributed by atoms with E-state index in [0.29, 0.717) is 12.8 Å². The van der Waals surface area contributed by atoms with Gasteiger partial charge < -0.3 is 64.2 Å². The number of nitrogens with two attached hydrogens (primary N) is 1. The summed E-state index contributed by atoms with van der Waals surface area (Å²) in [5.41, 5.74) is 2.87. The third-order valence-corrected chi connectivity index (χ3v) is 12.7. The molecule has 3 fully saturated rings. The fourth-order valence-electron chi connectivity index (χ4n) is 8.99. The Balaban J connectivity index is 2.27. The van der Waals surface area contributed by atoms with Crippen molar-refractivity contribution in [2.45, 2.75) is 185 Å². The first-order valence-corrected chi connectivity index (χ1v) is 19.8. The SMILES string of the molecule is C=CCO[C@@]1(C)C[C@@H](C)C(N)[C@H](C)[C@@H](O)[C@](C)(O)[C@@H](CC)OC(=O)[C@H](C)[C@@H](OC2C[C@@](C)(OC)[C@@H](O)[C@H](C)O2)[C@H](C)[C@H]1O[C@@H]1O[C@H](C)C[C@H](N(C)C)[C@H]1O. The minimum atomic E-state index is -1.84. The fraction of sp³-hybridized carbons (Fsp3) is 0.925. The molecule has 0 aromatic rings. The van der Waals surface area contributed by atoms with E-state index in [0.717, 1.165) is 0 Å². The second-order valence-electron chi connectivity index (χ2n) is 17.3. The third-order valence-electron chi connectivity index (χ3n) is 12.7. The lowest BCUT2D eigenvalue weighted by molar-refractivity contribution is -0.320. The van der Waals surface area contributed by atoms with Crippen LogP contribution in [0.1, 0.15) is 94.9 Å². The number of nitrogens with zero attached hydrogens (tertiary/aromatic N) is 1. The zero-order valence-electron chi connectivity index (χ0n) is 35.1. The molecule has 0 bridgehead atoms. The van der Waals surface area contributed by atoms with Gasteiger partial charge in [-0.3, -0.25) is 4.79 Å². The Bertz CT molecular complexity index is 1210. The highest BCUT2D eigenvalue weighted by Crippen LogP contribution is 2.42. The molecule has 0 amide bonds. The first kappa shape index (κ1) is 47.1. The molecule has 3 aliphatic heterocycles. The molecular formula is C40H74N2O12. The summed E-state index contributed by atoms with van der Waals surface area (Å²) in [4.78, 5) is 16.3. The van der Waals surface area contributed by atoms with E-state index < -0.39 is 102 Å². The largest absolute Gasteiger partial charge is 0.459 e. The van der Waals surface area contributed by atoms with E-state index in [9.17, 15) is 25.2 Å². The highest BCUT2D eigenvalue weighted by molar-refractivity contribution is 5.73. The average Bonchev–Trinajstić information content (AvgIpc) is 3.11. The summed E-state index contributed by atoms with van der Waals surface area (Å²) in [5, 5.41) is 46.1. The number of carbonyl (C=O) groups excluding carboxylic acids is 1. The van der Waals surface area contributed by atoms with Crippen LogP contribution in [-0.4, -0.2) is 149 Å². The Kier molecular flexibility index (Phi) is 16.6. The van der Waals surface area contributed by atoms with Crippen LogP contribution in [0.5, 0.6) is 0 Å². The number of ether oxygens (including phenoxy) is 7. The van der Waals surface area contributed by atoms with Crippen molar-refractivity contribution in [1.82, 2.24) is 4.90 Å². The van der Waals surface area contributed by atoms with Crippen LogP contribution in [0.4, 0.5) is 0 Å². The molecule has 0 spiro atoms. The molecule has 54 heavy (non-hydrogen) atoms. The lowest BCUT2D eigenvalue weighted by atomic mass is 9.72. The van der Waals surface area contributed by atoms with Crippen LogP contribution in [0, 0.1) is 23.7 Å². The fourth-order valence-corrected chi connectivity index (χ4v) is 8.99. The molecule has 0 aliphatic carbocycles. The number of hydrogen-bond donors (Lipinski definition) is 5. The maximum Gasteiger partial charge on any atom is 0.311 e. The van der Waals surface area contributed by atoms with Crippen LogP contribution >= 0.6 is 0 Å².